The molecule has 16 heteroatoms. The third-order valence-electron chi connectivity index (χ3n) is 10.2. The maximum atomic E-state index is 15.1. The van der Waals surface area contributed by atoms with Gasteiger partial charge in [0.25, 0.3) is 12.3 Å². The zero-order valence-electron chi connectivity index (χ0n) is 31.5. The van der Waals surface area contributed by atoms with Gasteiger partial charge in [-0.1, -0.05) is 68.6 Å². The Bertz CT molecular complexity index is 2490. The van der Waals surface area contributed by atoms with Crippen molar-refractivity contribution in [3.05, 3.63) is 118 Å². The van der Waals surface area contributed by atoms with Gasteiger partial charge in [-0.05, 0) is 90.3 Å². The third-order valence-corrected chi connectivity index (χ3v) is 10.5. The van der Waals surface area contributed by atoms with Crippen LogP contribution in [0.3, 0.4) is 0 Å². The summed E-state index contributed by atoms with van der Waals surface area (Å²) < 4.78 is 75.5. The number of benzene rings is 3. The molecule has 58 heavy (non-hydrogen) atoms. The molecule has 1 aliphatic carbocycles. The summed E-state index contributed by atoms with van der Waals surface area (Å²) in [6, 6.07) is 21.2. The lowest BCUT2D eigenvalue weighted by Crippen LogP contribution is -2.47. The van der Waals surface area contributed by atoms with E-state index in [0.29, 0.717) is 22.2 Å². The van der Waals surface area contributed by atoms with Crippen molar-refractivity contribution >= 4 is 40.3 Å². The van der Waals surface area contributed by atoms with Gasteiger partial charge in [0.05, 0.1) is 34.1 Å². The van der Waals surface area contributed by atoms with Crippen LogP contribution in [0.2, 0.25) is 5.02 Å². The molecular weight excluding hydrogens is 781 g/mol. The van der Waals surface area contributed by atoms with Gasteiger partial charge in [0.1, 0.15) is 18.6 Å². The van der Waals surface area contributed by atoms with Crippen molar-refractivity contribution in [1.82, 2.24) is 24.6 Å². The van der Waals surface area contributed by atoms with Gasteiger partial charge in [0.15, 0.2) is 17.3 Å². The number of rotatable bonds is 10. The predicted molar refractivity (Wildman–Crippen MR) is 206 cm³/mol. The molecule has 300 valence electrons. The number of carbonyl (C=O) groups excluding carboxylic acids is 2. The first-order chi connectivity index (χ1) is 27.4. The maximum Gasteiger partial charge on any atom is 0.395 e. The summed E-state index contributed by atoms with van der Waals surface area (Å²) in [4.78, 5) is 42.5. The number of pyridine rings is 1. The topological polar surface area (TPSA) is 129 Å². The van der Waals surface area contributed by atoms with Gasteiger partial charge < -0.3 is 10.5 Å². The summed E-state index contributed by atoms with van der Waals surface area (Å²) in [5.74, 6) is 3.43. The van der Waals surface area contributed by atoms with E-state index in [1.54, 1.807) is 24.3 Å². The molecule has 0 bridgehead atoms. The molecule has 2 atom stereocenters. The normalized spacial score (nSPS) is 18.2. The van der Waals surface area contributed by atoms with Crippen LogP contribution in [0.25, 0.3) is 16.6 Å². The van der Waals surface area contributed by atoms with Gasteiger partial charge in [-0.15, -0.1) is 0 Å². The summed E-state index contributed by atoms with van der Waals surface area (Å²) in [7, 11) is 0. The highest BCUT2D eigenvalue weighted by Crippen LogP contribution is 2.60. The monoisotopic (exact) mass is 817 g/mol. The molecule has 7 rings (SSSR count). The first-order valence-electron chi connectivity index (χ1n) is 18.3. The van der Waals surface area contributed by atoms with Crippen LogP contribution in [0.5, 0.6) is 0 Å². The van der Waals surface area contributed by atoms with Gasteiger partial charge in [-0.25, -0.2) is 28.4 Å². The Balaban J connectivity index is 1.28. The number of carbonyl (C=O) groups is 2. The molecule has 1 aliphatic heterocycles. The van der Waals surface area contributed by atoms with Crippen molar-refractivity contribution < 1.29 is 36.3 Å². The second kappa shape index (κ2) is 15.1. The molecule has 10 nitrogen and oxygen atoms in total. The van der Waals surface area contributed by atoms with Gasteiger partial charge in [0.2, 0.25) is 0 Å². The highest BCUT2D eigenvalue weighted by Gasteiger charge is 2.64. The van der Waals surface area contributed by atoms with E-state index in [4.69, 9.17) is 32.0 Å². The SMILES string of the molecule is CC(C)(C)C[C@]1(c2ccc3nc(C#Cc4ccccc4)ccc3c2)N=C(N)N([C@H](COC(=O)CC2(C(F)(F)F)CC2)c2ccc(Cl)c(-n3ncnc3C(F)F)c2)C1=O. The molecule has 3 aromatic carbocycles. The van der Waals surface area contributed by atoms with Crippen molar-refractivity contribution in [2.75, 3.05) is 6.61 Å². The van der Waals surface area contributed by atoms with Crippen LogP contribution >= 0.6 is 11.6 Å². The first-order valence-corrected chi connectivity index (χ1v) is 18.7. The van der Waals surface area contributed by atoms with Gasteiger partial charge in [-0.2, -0.15) is 18.3 Å². The molecular formula is C42H37ClF5N7O3. The number of nitrogens with two attached hydrogens (primary N) is 1. The van der Waals surface area contributed by atoms with Crippen LogP contribution in [-0.4, -0.2) is 55.3 Å². The van der Waals surface area contributed by atoms with Crippen molar-refractivity contribution in [3.8, 4) is 17.5 Å². The Morgan fingerprint density at radius 2 is 1.74 bits per heavy atom. The number of nitrogens with zero attached hydrogens (tertiary/aromatic N) is 6. The van der Waals surface area contributed by atoms with Crippen molar-refractivity contribution in [1.29, 1.82) is 0 Å². The van der Waals surface area contributed by atoms with Crippen LogP contribution in [0.15, 0.2) is 90.2 Å². The number of guanidine groups is 1. The molecule has 1 fully saturated rings. The summed E-state index contributed by atoms with van der Waals surface area (Å²) in [5, 5.41) is 4.58. The van der Waals surface area contributed by atoms with Crippen molar-refractivity contribution in [3.63, 3.8) is 0 Å². The highest BCUT2D eigenvalue weighted by molar-refractivity contribution is 6.32. The number of fused-ring (bicyclic) bond motifs is 1. The molecule has 1 amide bonds. The fourth-order valence-corrected chi connectivity index (χ4v) is 7.40. The number of halogens is 6. The van der Waals surface area contributed by atoms with E-state index in [0.717, 1.165) is 21.5 Å². The van der Waals surface area contributed by atoms with Crippen LogP contribution in [0, 0.1) is 22.7 Å². The molecule has 3 heterocycles. The lowest BCUT2D eigenvalue weighted by atomic mass is 9.75. The number of esters is 1. The van der Waals surface area contributed by atoms with E-state index in [2.05, 4.69) is 21.9 Å². The Morgan fingerprint density at radius 1 is 1.00 bits per heavy atom. The number of hydrogen-bond donors (Lipinski definition) is 1. The molecule has 0 unspecified atom stereocenters. The minimum absolute atomic E-state index is 0.0109. The Hall–Kier alpha value is -5.88. The van der Waals surface area contributed by atoms with E-state index in [1.807, 2.05) is 57.2 Å². The van der Waals surface area contributed by atoms with E-state index in [9.17, 15) is 26.7 Å². The van der Waals surface area contributed by atoms with Crippen LogP contribution in [0.1, 0.15) is 87.1 Å². The first kappa shape index (κ1) is 40.3. The highest BCUT2D eigenvalue weighted by atomic mass is 35.5. The molecule has 2 aromatic heterocycles. The summed E-state index contributed by atoms with van der Waals surface area (Å²) in [5.41, 5.74) is 4.90. The fourth-order valence-electron chi connectivity index (χ4n) is 7.20. The van der Waals surface area contributed by atoms with Gasteiger partial charge in [-0.3, -0.25) is 14.5 Å². The van der Waals surface area contributed by atoms with Gasteiger partial charge >= 0.3 is 12.1 Å². The molecule has 5 aromatic rings. The Labute approximate surface area is 335 Å². The zero-order chi connectivity index (χ0) is 41.6. The number of alkyl halides is 5. The van der Waals surface area contributed by atoms with E-state index in [1.165, 1.54) is 18.2 Å². The van der Waals surface area contributed by atoms with Crippen LogP contribution < -0.4 is 5.73 Å². The number of amides is 1. The summed E-state index contributed by atoms with van der Waals surface area (Å²) in [6.07, 6.45) is -7.93. The predicted octanol–water partition coefficient (Wildman–Crippen LogP) is 8.61. The minimum Gasteiger partial charge on any atom is -0.463 e. The number of ether oxygens (including phenoxy) is 1. The molecule has 2 aliphatic rings. The van der Waals surface area contributed by atoms with Gasteiger partial charge in [0, 0.05) is 10.9 Å². The van der Waals surface area contributed by atoms with Crippen molar-refractivity contribution in [2.45, 2.75) is 70.6 Å². The molecule has 0 spiro atoms. The van der Waals surface area contributed by atoms with E-state index < -0.39 is 65.7 Å². The minimum atomic E-state index is -4.61. The smallest absolute Gasteiger partial charge is 0.395 e. The van der Waals surface area contributed by atoms with Crippen molar-refractivity contribution in [2.24, 2.45) is 21.6 Å². The van der Waals surface area contributed by atoms with Crippen LogP contribution in [0.4, 0.5) is 22.0 Å². The summed E-state index contributed by atoms with van der Waals surface area (Å²) >= 11 is 6.47. The average molecular weight is 818 g/mol. The quantitative estimate of drug-likeness (QED) is 0.0850. The second-order valence-electron chi connectivity index (χ2n) is 15.7. The summed E-state index contributed by atoms with van der Waals surface area (Å²) in [6.45, 7) is 5.12. The lowest BCUT2D eigenvalue weighted by molar-refractivity contribution is -0.195. The lowest BCUT2D eigenvalue weighted by Gasteiger charge is -2.35. The zero-order valence-corrected chi connectivity index (χ0v) is 32.3. The average Bonchev–Trinajstić information content (AvgIpc) is 3.72. The Morgan fingerprint density at radius 3 is 2.41 bits per heavy atom. The van der Waals surface area contributed by atoms with E-state index in [-0.39, 0.29) is 41.5 Å². The maximum absolute atomic E-state index is 15.1. The number of hydrogen-bond acceptors (Lipinski definition) is 8. The molecule has 1 saturated carbocycles. The third kappa shape index (κ3) is 7.98. The Kier molecular flexibility index (Phi) is 10.5. The fraction of sp³-hybridized carbons (Fsp3) is 0.333. The number of aliphatic imine (C=N–C) groups is 1. The van der Waals surface area contributed by atoms with Crippen LogP contribution in [-0.2, 0) is 19.9 Å². The standard InChI is InChI=1S/C42H37ClF5N7O3/c1-39(2,3)23-41(28-12-16-31-26(19-28)10-14-29(52-31)13-9-25-7-5-4-6-8-25)37(57)54(38(49)53-41)33(22-58-34(56)21-40(17-18-40)42(46,47)48)27-11-15-30(43)32(20-27)55-36(35(44)45)50-24-51-55/h4-8,10-12,14-16,19-20,24,33,35H,17-18,21-23H2,1-3H3,(H2,49,53)/t33-,41-/m1/s1. The van der Waals surface area contributed by atoms with E-state index >= 15 is 4.79 Å². The molecule has 0 saturated heterocycles. The largest absolute Gasteiger partial charge is 0.463 e. The molecule has 0 radical (unpaired) electrons. The second-order valence-corrected chi connectivity index (χ2v) is 16.1. The molecule has 2 N–H and O–H groups in total. The number of aromatic nitrogens is 4.